The lowest BCUT2D eigenvalue weighted by molar-refractivity contribution is 0.0936. The number of anilines is 1. The molecule has 150 valence electrons. The second kappa shape index (κ2) is 9.11. The van der Waals surface area contributed by atoms with E-state index in [0.29, 0.717) is 11.3 Å². The van der Waals surface area contributed by atoms with Crippen molar-refractivity contribution in [1.82, 2.24) is 15.3 Å². The molecule has 0 aliphatic rings. The van der Waals surface area contributed by atoms with Crippen LogP contribution in [0.3, 0.4) is 0 Å². The summed E-state index contributed by atoms with van der Waals surface area (Å²) in [5, 5.41) is 6.71. The molecule has 1 heterocycles. The first-order valence-corrected chi connectivity index (χ1v) is 10.6. The van der Waals surface area contributed by atoms with E-state index in [1.807, 2.05) is 0 Å². The summed E-state index contributed by atoms with van der Waals surface area (Å²) in [4.78, 5) is 20.1. The van der Waals surface area contributed by atoms with Crippen LogP contribution in [0.2, 0.25) is 5.02 Å². The molecule has 2 atom stereocenters. The van der Waals surface area contributed by atoms with Crippen LogP contribution in [0.25, 0.3) is 0 Å². The number of carbonyl (C=O) groups excluding carboxylic acids is 1. The van der Waals surface area contributed by atoms with Crippen molar-refractivity contribution in [3.8, 4) is 0 Å². The third-order valence-electron chi connectivity index (χ3n) is 3.66. The van der Waals surface area contributed by atoms with Crippen molar-refractivity contribution in [2.45, 2.75) is 25.9 Å². The molecule has 0 radical (unpaired) electrons. The molecule has 0 aliphatic heterocycles. The van der Waals surface area contributed by atoms with E-state index in [-0.39, 0.29) is 16.9 Å². The Morgan fingerprint density at radius 1 is 1.25 bits per heavy atom. The summed E-state index contributed by atoms with van der Waals surface area (Å²) in [5.74, 6) is -1.12. The molecule has 1 aromatic carbocycles. The smallest absolute Gasteiger partial charge is 0.289 e. The number of nitrogens with zero attached hydrogens (tertiary/aromatic N) is 2. The highest BCUT2D eigenvalue weighted by Gasteiger charge is 2.14. The van der Waals surface area contributed by atoms with Gasteiger partial charge in [-0.3, -0.25) is 4.79 Å². The normalized spacial score (nSPS) is 13.9. The van der Waals surface area contributed by atoms with Crippen LogP contribution in [-0.4, -0.2) is 36.6 Å². The number of nitrogens with one attached hydrogen (secondary N) is 2. The number of rotatable bonds is 7. The van der Waals surface area contributed by atoms with E-state index in [1.54, 1.807) is 26.0 Å². The Morgan fingerprint density at radius 3 is 2.50 bits per heavy atom. The number of hydrogen-bond donors (Lipinski definition) is 2. The maximum Gasteiger partial charge on any atom is 0.289 e. The Morgan fingerprint density at radius 2 is 1.89 bits per heavy atom. The molecule has 0 fully saturated rings. The molecule has 0 bridgehead atoms. The van der Waals surface area contributed by atoms with Gasteiger partial charge in [-0.25, -0.2) is 22.8 Å². The Hall–Kier alpha value is -2.52. The molecule has 2 rings (SSSR count). The van der Waals surface area contributed by atoms with Gasteiger partial charge in [0.05, 0.1) is 29.1 Å². The lowest BCUT2D eigenvalue weighted by atomic mass is 10.1. The van der Waals surface area contributed by atoms with Gasteiger partial charge >= 0.3 is 0 Å². The van der Waals surface area contributed by atoms with Crippen molar-refractivity contribution < 1.29 is 17.6 Å². The topological polar surface area (TPSA) is 101 Å². The van der Waals surface area contributed by atoms with Crippen LogP contribution in [0.5, 0.6) is 0 Å². The third-order valence-corrected chi connectivity index (χ3v) is 4.71. The minimum Gasteiger partial charge on any atom is -0.376 e. The summed E-state index contributed by atoms with van der Waals surface area (Å²) in [5.41, 5.74) is 1.10. The zero-order valence-electron chi connectivity index (χ0n) is 15.5. The molecule has 7 nitrogen and oxygen atoms in total. The number of sulfone groups is 1. The van der Waals surface area contributed by atoms with Gasteiger partial charge in [-0.15, -0.1) is 0 Å². The molecular formula is C18H20ClFN4O3S. The summed E-state index contributed by atoms with van der Waals surface area (Å²) in [7, 11) is -3.27. The van der Waals surface area contributed by atoms with Gasteiger partial charge in [0.15, 0.2) is 9.84 Å². The molecule has 0 saturated carbocycles. The van der Waals surface area contributed by atoms with Gasteiger partial charge in [0.25, 0.3) is 5.91 Å². The summed E-state index contributed by atoms with van der Waals surface area (Å²) in [6.45, 7) is 3.43. The maximum absolute atomic E-state index is 13.6. The van der Waals surface area contributed by atoms with Crippen molar-refractivity contribution in [3.63, 3.8) is 0 Å². The van der Waals surface area contributed by atoms with Gasteiger partial charge in [-0.1, -0.05) is 29.8 Å². The molecule has 28 heavy (non-hydrogen) atoms. The SMILES string of the molecule is C[C@H](/C=C/S(C)(=O)=O)NC(=O)c1ncc(N[C@@H](C)c2cccc(F)c2Cl)cn1. The summed E-state index contributed by atoms with van der Waals surface area (Å²) >= 11 is 5.98. The van der Waals surface area contributed by atoms with E-state index in [2.05, 4.69) is 20.6 Å². The predicted molar refractivity (Wildman–Crippen MR) is 106 cm³/mol. The van der Waals surface area contributed by atoms with E-state index in [9.17, 15) is 17.6 Å². The highest BCUT2D eigenvalue weighted by molar-refractivity contribution is 7.93. The quantitative estimate of drug-likeness (QED) is 0.705. The predicted octanol–water partition coefficient (Wildman–Crippen LogP) is 3.12. The van der Waals surface area contributed by atoms with E-state index in [4.69, 9.17) is 11.6 Å². The Labute approximate surface area is 168 Å². The van der Waals surface area contributed by atoms with Crippen LogP contribution in [0.4, 0.5) is 10.1 Å². The summed E-state index contributed by atoms with van der Waals surface area (Å²) in [6.07, 6.45) is 5.25. The molecule has 10 heteroatoms. The van der Waals surface area contributed by atoms with Gasteiger partial charge in [-0.2, -0.15) is 0 Å². The van der Waals surface area contributed by atoms with Gasteiger partial charge in [0.2, 0.25) is 5.82 Å². The molecule has 1 amide bonds. The van der Waals surface area contributed by atoms with E-state index in [0.717, 1.165) is 11.7 Å². The first-order valence-electron chi connectivity index (χ1n) is 8.28. The van der Waals surface area contributed by atoms with Crippen LogP contribution >= 0.6 is 11.6 Å². The highest BCUT2D eigenvalue weighted by atomic mass is 35.5. The van der Waals surface area contributed by atoms with Gasteiger partial charge in [0, 0.05) is 17.7 Å². The van der Waals surface area contributed by atoms with Crippen LogP contribution in [0.15, 0.2) is 42.1 Å². The van der Waals surface area contributed by atoms with Gasteiger partial charge in [0.1, 0.15) is 5.82 Å². The monoisotopic (exact) mass is 426 g/mol. The number of amides is 1. The van der Waals surface area contributed by atoms with E-state index < -0.39 is 27.6 Å². The minimum atomic E-state index is -3.27. The molecule has 0 saturated heterocycles. The molecular weight excluding hydrogens is 407 g/mol. The fraction of sp³-hybridized carbons (Fsp3) is 0.278. The first kappa shape index (κ1) is 21.8. The van der Waals surface area contributed by atoms with Gasteiger partial charge in [-0.05, 0) is 25.5 Å². The lowest BCUT2D eigenvalue weighted by Crippen LogP contribution is -2.32. The van der Waals surface area contributed by atoms with E-state index in [1.165, 1.54) is 24.5 Å². The van der Waals surface area contributed by atoms with Crippen molar-refractivity contribution in [2.75, 3.05) is 11.6 Å². The maximum atomic E-state index is 13.6. The number of benzene rings is 1. The molecule has 2 N–H and O–H groups in total. The van der Waals surface area contributed by atoms with Crippen molar-refractivity contribution in [2.24, 2.45) is 0 Å². The number of carbonyl (C=O) groups is 1. The number of halogens is 2. The Balaban J connectivity index is 2.02. The van der Waals surface area contributed by atoms with Crippen LogP contribution in [-0.2, 0) is 9.84 Å². The molecule has 0 spiro atoms. The second-order valence-electron chi connectivity index (χ2n) is 6.22. The van der Waals surface area contributed by atoms with E-state index >= 15 is 0 Å². The standard InChI is InChI=1S/C18H20ClFN4O3S/c1-11(7-8-28(3,26)27)23-18(25)17-21-9-13(10-22-17)24-12(2)14-5-4-6-15(20)16(14)19/h4-12,24H,1-3H3,(H,23,25)/b8-7+/t11-,12+/m1/s1. The number of aromatic nitrogens is 2. The van der Waals surface area contributed by atoms with Crippen molar-refractivity contribution in [3.05, 3.63) is 64.3 Å². The third kappa shape index (κ3) is 6.28. The largest absolute Gasteiger partial charge is 0.376 e. The Bertz CT molecular complexity index is 981. The summed E-state index contributed by atoms with van der Waals surface area (Å²) < 4.78 is 35.8. The number of hydrogen-bond acceptors (Lipinski definition) is 6. The van der Waals surface area contributed by atoms with Crippen molar-refractivity contribution >= 4 is 33.0 Å². The van der Waals surface area contributed by atoms with Crippen LogP contribution < -0.4 is 10.6 Å². The molecule has 2 aromatic rings. The van der Waals surface area contributed by atoms with Gasteiger partial charge < -0.3 is 10.6 Å². The molecule has 1 aromatic heterocycles. The first-order chi connectivity index (χ1) is 13.1. The molecule has 0 unspecified atom stereocenters. The lowest BCUT2D eigenvalue weighted by Gasteiger charge is -2.17. The average molecular weight is 427 g/mol. The summed E-state index contributed by atoms with van der Waals surface area (Å²) in [6, 6.07) is 3.72. The zero-order valence-corrected chi connectivity index (χ0v) is 17.1. The minimum absolute atomic E-state index is 0.0375. The average Bonchev–Trinajstić information content (AvgIpc) is 2.62. The van der Waals surface area contributed by atoms with Crippen LogP contribution in [0, 0.1) is 5.82 Å². The fourth-order valence-electron chi connectivity index (χ4n) is 2.28. The second-order valence-corrected chi connectivity index (χ2v) is 8.53. The highest BCUT2D eigenvalue weighted by Crippen LogP contribution is 2.27. The molecule has 0 aliphatic carbocycles. The Kier molecular flexibility index (Phi) is 7.09. The van der Waals surface area contributed by atoms with Crippen molar-refractivity contribution in [1.29, 1.82) is 0 Å². The zero-order chi connectivity index (χ0) is 20.9. The fourth-order valence-corrected chi connectivity index (χ4v) is 3.09. The van der Waals surface area contributed by atoms with Crippen LogP contribution in [0.1, 0.15) is 36.1 Å².